The van der Waals surface area contributed by atoms with Crippen LogP contribution >= 0.6 is 23.2 Å². The van der Waals surface area contributed by atoms with E-state index in [4.69, 9.17) is 28.9 Å². The largest absolute Gasteiger partial charge is 0.390 e. The van der Waals surface area contributed by atoms with Crippen LogP contribution in [-0.4, -0.2) is 39.7 Å². The Kier molecular flexibility index (Phi) is 5.82. The lowest BCUT2D eigenvalue weighted by atomic mass is 9.80. The van der Waals surface area contributed by atoms with E-state index in [1.54, 1.807) is 12.3 Å². The van der Waals surface area contributed by atoms with Crippen LogP contribution in [0.15, 0.2) is 12.3 Å². The van der Waals surface area contributed by atoms with Crippen LogP contribution in [0.1, 0.15) is 24.2 Å². The van der Waals surface area contributed by atoms with E-state index in [0.717, 1.165) is 0 Å². The van der Waals surface area contributed by atoms with E-state index in [1.165, 1.54) is 0 Å². The maximum atomic E-state index is 9.86. The number of rotatable bonds is 4. The van der Waals surface area contributed by atoms with E-state index in [-0.39, 0.29) is 11.8 Å². The number of hydrogen-bond acceptors (Lipinski definition) is 7. The Balaban J connectivity index is 1.97. The summed E-state index contributed by atoms with van der Waals surface area (Å²) in [7, 11) is 0. The average molecular weight is 407 g/mol. The molecule has 0 radical (unpaired) electrons. The van der Waals surface area contributed by atoms with Crippen LogP contribution in [0.5, 0.6) is 0 Å². The number of halogens is 2. The lowest BCUT2D eigenvalue weighted by molar-refractivity contribution is 0.274. The van der Waals surface area contributed by atoms with E-state index >= 15 is 0 Å². The first-order valence-electron chi connectivity index (χ1n) is 8.59. The number of nitrogens with two attached hydrogens (primary N) is 1. The van der Waals surface area contributed by atoms with Crippen molar-refractivity contribution in [2.75, 3.05) is 24.5 Å². The summed E-state index contributed by atoms with van der Waals surface area (Å²) in [6, 6.07) is 4.07. The number of nitrogens with zero attached hydrogens (tertiary/aromatic N) is 5. The lowest BCUT2D eigenvalue weighted by Gasteiger charge is -2.37. The summed E-state index contributed by atoms with van der Waals surface area (Å²) in [5.41, 5.74) is 7.60. The van der Waals surface area contributed by atoms with Crippen molar-refractivity contribution in [2.24, 2.45) is 11.1 Å². The molecule has 0 atom stereocenters. The molecule has 0 amide bonds. The van der Waals surface area contributed by atoms with Gasteiger partial charge in [0.2, 0.25) is 0 Å². The summed E-state index contributed by atoms with van der Waals surface area (Å²) >= 11 is 12.3. The molecule has 0 bridgehead atoms. The van der Waals surface area contributed by atoms with Gasteiger partial charge in [0, 0.05) is 31.4 Å². The normalized spacial score (nSPS) is 16.2. The molecule has 9 heteroatoms. The van der Waals surface area contributed by atoms with Crippen molar-refractivity contribution < 1.29 is 5.11 Å². The van der Waals surface area contributed by atoms with Gasteiger partial charge in [0.15, 0.2) is 5.82 Å². The first-order valence-corrected chi connectivity index (χ1v) is 9.35. The highest BCUT2D eigenvalue weighted by molar-refractivity contribution is 6.42. The number of aromatic nitrogens is 3. The van der Waals surface area contributed by atoms with Crippen LogP contribution in [0, 0.1) is 23.7 Å². The molecule has 7 nitrogen and oxygen atoms in total. The summed E-state index contributed by atoms with van der Waals surface area (Å²) in [4.78, 5) is 15.3. The van der Waals surface area contributed by atoms with Crippen LogP contribution in [0.2, 0.25) is 10.2 Å². The highest BCUT2D eigenvalue weighted by atomic mass is 35.5. The van der Waals surface area contributed by atoms with Crippen LogP contribution in [-0.2, 0) is 6.61 Å². The maximum Gasteiger partial charge on any atom is 0.153 e. The van der Waals surface area contributed by atoms with Crippen LogP contribution in [0.4, 0.5) is 5.82 Å². The van der Waals surface area contributed by atoms with E-state index in [0.29, 0.717) is 66.0 Å². The minimum atomic E-state index is -0.487. The van der Waals surface area contributed by atoms with Gasteiger partial charge in [-0.2, -0.15) is 5.26 Å². The predicted molar refractivity (Wildman–Crippen MR) is 104 cm³/mol. The molecular formula is C18H20Cl2N6O. The molecule has 0 spiro atoms. The Bertz CT molecular complexity index is 890. The van der Waals surface area contributed by atoms with Gasteiger partial charge < -0.3 is 15.7 Å². The number of aliphatic hydroxyl groups excluding tert-OH is 1. The molecule has 142 valence electrons. The molecule has 1 aliphatic heterocycles. The molecule has 1 fully saturated rings. The smallest absolute Gasteiger partial charge is 0.153 e. The molecule has 1 aliphatic rings. The Morgan fingerprint density at radius 2 is 2.04 bits per heavy atom. The minimum absolute atomic E-state index is 0.190. The predicted octanol–water partition coefficient (Wildman–Crippen LogP) is 2.72. The highest BCUT2D eigenvalue weighted by Crippen LogP contribution is 2.36. The van der Waals surface area contributed by atoms with Gasteiger partial charge in [-0.1, -0.05) is 23.2 Å². The molecule has 0 unspecified atom stereocenters. The highest BCUT2D eigenvalue weighted by Gasteiger charge is 2.34. The lowest BCUT2D eigenvalue weighted by Crippen LogP contribution is -2.44. The molecule has 3 heterocycles. The first kappa shape index (κ1) is 19.8. The fourth-order valence-electron chi connectivity index (χ4n) is 3.27. The van der Waals surface area contributed by atoms with Gasteiger partial charge in [-0.15, -0.1) is 0 Å². The summed E-state index contributed by atoms with van der Waals surface area (Å²) in [5, 5.41) is 19.8. The van der Waals surface area contributed by atoms with Crippen molar-refractivity contribution in [2.45, 2.75) is 26.4 Å². The van der Waals surface area contributed by atoms with E-state index in [2.05, 4.69) is 21.0 Å². The van der Waals surface area contributed by atoms with Crippen molar-refractivity contribution >= 4 is 29.0 Å². The Morgan fingerprint density at radius 1 is 1.33 bits per heavy atom. The fourth-order valence-corrected chi connectivity index (χ4v) is 3.63. The number of pyridine rings is 1. The molecule has 0 aliphatic carbocycles. The minimum Gasteiger partial charge on any atom is -0.390 e. The Labute approximate surface area is 167 Å². The number of piperidine rings is 1. The summed E-state index contributed by atoms with van der Waals surface area (Å²) < 4.78 is 0. The van der Waals surface area contributed by atoms with Crippen molar-refractivity contribution in [1.82, 2.24) is 15.0 Å². The molecule has 3 N–H and O–H groups in total. The third kappa shape index (κ3) is 3.71. The number of hydrogen-bond donors (Lipinski definition) is 2. The Hall–Kier alpha value is -1.98. The molecular weight excluding hydrogens is 387 g/mol. The maximum absolute atomic E-state index is 9.86. The number of anilines is 1. The topological polar surface area (TPSA) is 112 Å². The third-order valence-corrected chi connectivity index (χ3v) is 5.79. The van der Waals surface area contributed by atoms with E-state index in [9.17, 15) is 10.4 Å². The van der Waals surface area contributed by atoms with Crippen LogP contribution < -0.4 is 10.6 Å². The molecule has 2 aromatic heterocycles. The standard InChI is InChI=1S/C18H20Cl2N6O/c1-11-15(12-2-5-23-16(20)14(12)19)25-13(8-27)17(24-11)26-6-3-18(9-21,10-22)4-7-26/h2,5,27H,3-4,6-9,21H2,1H3. The van der Waals surface area contributed by atoms with Gasteiger partial charge in [-0.25, -0.2) is 15.0 Å². The second-order valence-electron chi connectivity index (χ2n) is 6.63. The number of aryl methyl sites for hydroxylation is 1. The van der Waals surface area contributed by atoms with Crippen molar-refractivity contribution in [3.05, 3.63) is 33.8 Å². The van der Waals surface area contributed by atoms with Gasteiger partial charge in [-0.3, -0.25) is 0 Å². The average Bonchev–Trinajstić information content (AvgIpc) is 2.70. The molecule has 0 saturated carbocycles. The zero-order chi connectivity index (χ0) is 19.6. The summed E-state index contributed by atoms with van der Waals surface area (Å²) in [5.74, 6) is 0.624. The molecule has 3 rings (SSSR count). The van der Waals surface area contributed by atoms with E-state index < -0.39 is 5.41 Å². The van der Waals surface area contributed by atoms with Crippen LogP contribution in [0.25, 0.3) is 11.3 Å². The first-order chi connectivity index (χ1) is 12.9. The number of nitriles is 1. The van der Waals surface area contributed by atoms with Gasteiger partial charge in [0.05, 0.1) is 34.5 Å². The van der Waals surface area contributed by atoms with Gasteiger partial charge in [0.1, 0.15) is 10.8 Å². The van der Waals surface area contributed by atoms with Gasteiger partial charge in [0.25, 0.3) is 0 Å². The molecule has 27 heavy (non-hydrogen) atoms. The number of aliphatic hydroxyl groups is 1. The zero-order valence-corrected chi connectivity index (χ0v) is 16.4. The van der Waals surface area contributed by atoms with Gasteiger partial charge >= 0.3 is 0 Å². The Morgan fingerprint density at radius 3 is 2.63 bits per heavy atom. The van der Waals surface area contributed by atoms with E-state index in [1.807, 2.05) is 11.8 Å². The molecule has 0 aromatic carbocycles. The molecule has 2 aromatic rings. The zero-order valence-electron chi connectivity index (χ0n) is 14.9. The second kappa shape index (κ2) is 7.95. The SMILES string of the molecule is Cc1nc(N2CCC(C#N)(CN)CC2)c(CO)nc1-c1ccnc(Cl)c1Cl. The van der Waals surface area contributed by atoms with Crippen LogP contribution in [0.3, 0.4) is 0 Å². The monoisotopic (exact) mass is 406 g/mol. The molecule has 1 saturated heterocycles. The summed E-state index contributed by atoms with van der Waals surface area (Å²) in [6.07, 6.45) is 2.86. The fraction of sp³-hybridized carbons (Fsp3) is 0.444. The van der Waals surface area contributed by atoms with Gasteiger partial charge in [-0.05, 0) is 25.8 Å². The summed E-state index contributed by atoms with van der Waals surface area (Å²) in [6.45, 7) is 3.18. The second-order valence-corrected chi connectivity index (χ2v) is 7.37. The van der Waals surface area contributed by atoms with Crippen molar-refractivity contribution in [1.29, 1.82) is 5.26 Å². The van der Waals surface area contributed by atoms with Crippen molar-refractivity contribution in [3.8, 4) is 17.3 Å². The quantitative estimate of drug-likeness (QED) is 0.750. The third-order valence-electron chi connectivity index (χ3n) is 5.02. The van der Waals surface area contributed by atoms with Crippen molar-refractivity contribution in [3.63, 3.8) is 0 Å².